The van der Waals surface area contributed by atoms with E-state index in [1.807, 2.05) is 29.8 Å². The van der Waals surface area contributed by atoms with Gasteiger partial charge in [-0.05, 0) is 54.7 Å². The summed E-state index contributed by atoms with van der Waals surface area (Å²) in [6, 6.07) is 6.13. The first-order valence-corrected chi connectivity index (χ1v) is 7.14. The predicted octanol–water partition coefficient (Wildman–Crippen LogP) is 3.23. The maximum Gasteiger partial charge on any atom is 0.184 e. The van der Waals surface area contributed by atoms with Crippen molar-refractivity contribution in [3.05, 3.63) is 23.8 Å². The van der Waals surface area contributed by atoms with E-state index in [4.69, 9.17) is 5.73 Å². The lowest BCUT2D eigenvalue weighted by Gasteiger charge is -2.16. The molecule has 1 aromatic carbocycles. The lowest BCUT2D eigenvalue weighted by atomic mass is 10.0. The molecule has 108 valence electrons. The van der Waals surface area contributed by atoms with Crippen molar-refractivity contribution in [3.8, 4) is 11.4 Å². The van der Waals surface area contributed by atoms with Crippen molar-refractivity contribution < 1.29 is 0 Å². The predicted molar refractivity (Wildman–Crippen MR) is 81.2 cm³/mol. The minimum atomic E-state index is 0.265. The lowest BCUT2D eigenvalue weighted by molar-refractivity contribution is 0.406. The van der Waals surface area contributed by atoms with Gasteiger partial charge in [-0.2, -0.15) is 0 Å². The van der Waals surface area contributed by atoms with Crippen molar-refractivity contribution in [2.75, 3.05) is 5.73 Å². The molecule has 0 aliphatic carbocycles. The molecule has 1 atom stereocenters. The molecule has 5 heteroatoms. The molecule has 0 amide bonds. The van der Waals surface area contributed by atoms with Crippen LogP contribution in [0.1, 0.15) is 45.2 Å². The van der Waals surface area contributed by atoms with E-state index in [1.54, 1.807) is 0 Å². The number of benzene rings is 1. The van der Waals surface area contributed by atoms with Crippen LogP contribution in [0, 0.1) is 12.8 Å². The summed E-state index contributed by atoms with van der Waals surface area (Å²) in [5, 5.41) is 12.2. The van der Waals surface area contributed by atoms with Crippen molar-refractivity contribution in [3.63, 3.8) is 0 Å². The van der Waals surface area contributed by atoms with E-state index in [1.165, 1.54) is 0 Å². The molecule has 20 heavy (non-hydrogen) atoms. The average Bonchev–Trinajstić information content (AvgIpc) is 2.85. The van der Waals surface area contributed by atoms with Crippen LogP contribution in [0.2, 0.25) is 0 Å². The van der Waals surface area contributed by atoms with Crippen LogP contribution in [-0.4, -0.2) is 20.2 Å². The minimum absolute atomic E-state index is 0.265. The molecule has 1 unspecified atom stereocenters. The zero-order valence-corrected chi connectivity index (χ0v) is 12.7. The van der Waals surface area contributed by atoms with Crippen molar-refractivity contribution in [2.45, 2.75) is 46.6 Å². The van der Waals surface area contributed by atoms with Gasteiger partial charge in [0.15, 0.2) is 5.82 Å². The van der Waals surface area contributed by atoms with E-state index in [2.05, 4.69) is 36.3 Å². The third kappa shape index (κ3) is 2.98. The van der Waals surface area contributed by atoms with Crippen LogP contribution in [0.4, 0.5) is 5.69 Å². The molecule has 2 rings (SSSR count). The van der Waals surface area contributed by atoms with E-state index < -0.39 is 0 Å². The van der Waals surface area contributed by atoms with E-state index in [9.17, 15) is 0 Å². The van der Waals surface area contributed by atoms with Gasteiger partial charge in [0.05, 0.1) is 6.04 Å². The van der Waals surface area contributed by atoms with Crippen LogP contribution in [-0.2, 0) is 0 Å². The van der Waals surface area contributed by atoms with Crippen molar-refractivity contribution in [2.24, 2.45) is 5.92 Å². The van der Waals surface area contributed by atoms with Gasteiger partial charge in [0, 0.05) is 11.3 Å². The third-order valence-electron chi connectivity index (χ3n) is 3.60. The Morgan fingerprint density at radius 1 is 1.20 bits per heavy atom. The molecular weight excluding hydrogens is 250 g/mol. The molecule has 0 radical (unpaired) electrons. The van der Waals surface area contributed by atoms with Crippen LogP contribution in [0.3, 0.4) is 0 Å². The quantitative estimate of drug-likeness (QED) is 0.849. The largest absolute Gasteiger partial charge is 0.398 e. The van der Waals surface area contributed by atoms with E-state index >= 15 is 0 Å². The summed E-state index contributed by atoms with van der Waals surface area (Å²) in [5.74, 6) is 1.44. The van der Waals surface area contributed by atoms with Crippen molar-refractivity contribution in [1.82, 2.24) is 20.2 Å². The fourth-order valence-corrected chi connectivity index (χ4v) is 2.35. The number of nitrogen functional groups attached to an aromatic ring is 1. The molecule has 0 bridgehead atoms. The molecule has 2 N–H and O–H groups in total. The molecule has 0 saturated carbocycles. The third-order valence-corrected chi connectivity index (χ3v) is 3.60. The van der Waals surface area contributed by atoms with Gasteiger partial charge in [-0.3, -0.25) is 0 Å². The van der Waals surface area contributed by atoms with Crippen LogP contribution >= 0.6 is 0 Å². The molecule has 5 nitrogen and oxygen atoms in total. The van der Waals surface area contributed by atoms with Gasteiger partial charge < -0.3 is 5.73 Å². The Bertz CT molecular complexity index is 553. The first kappa shape index (κ1) is 14.5. The Kier molecular flexibility index (Phi) is 4.37. The summed E-state index contributed by atoms with van der Waals surface area (Å²) >= 11 is 0. The zero-order chi connectivity index (χ0) is 14.7. The normalized spacial score (nSPS) is 12.8. The van der Waals surface area contributed by atoms with Crippen LogP contribution in [0.15, 0.2) is 18.2 Å². The summed E-state index contributed by atoms with van der Waals surface area (Å²) < 4.78 is 1.89. The Balaban J connectivity index is 2.33. The number of nitrogens with two attached hydrogens (primary N) is 1. The van der Waals surface area contributed by atoms with Crippen molar-refractivity contribution >= 4 is 5.69 Å². The van der Waals surface area contributed by atoms with Crippen LogP contribution < -0.4 is 5.73 Å². The topological polar surface area (TPSA) is 69.6 Å². The molecule has 0 aliphatic rings. The maximum atomic E-state index is 6.09. The van der Waals surface area contributed by atoms with Gasteiger partial charge in [0.1, 0.15) is 0 Å². The van der Waals surface area contributed by atoms with E-state index in [0.717, 1.165) is 35.5 Å². The zero-order valence-electron chi connectivity index (χ0n) is 12.7. The molecular formula is C15H23N5. The first-order valence-electron chi connectivity index (χ1n) is 7.14. The highest BCUT2D eigenvalue weighted by atomic mass is 15.5. The van der Waals surface area contributed by atoms with Gasteiger partial charge >= 0.3 is 0 Å². The van der Waals surface area contributed by atoms with Gasteiger partial charge in [0.2, 0.25) is 0 Å². The Labute approximate surface area is 120 Å². The lowest BCUT2D eigenvalue weighted by Crippen LogP contribution is -2.11. The highest BCUT2D eigenvalue weighted by Crippen LogP contribution is 2.29. The van der Waals surface area contributed by atoms with Gasteiger partial charge in [-0.15, -0.1) is 5.10 Å². The Hall–Kier alpha value is -1.91. The van der Waals surface area contributed by atoms with Gasteiger partial charge in [-0.25, -0.2) is 4.68 Å². The molecule has 0 fully saturated rings. The summed E-state index contributed by atoms with van der Waals surface area (Å²) in [4.78, 5) is 0. The first-order chi connectivity index (χ1) is 9.50. The van der Waals surface area contributed by atoms with E-state index in [-0.39, 0.29) is 6.04 Å². The maximum absolute atomic E-state index is 6.09. The van der Waals surface area contributed by atoms with Crippen LogP contribution in [0.25, 0.3) is 11.4 Å². The fourth-order valence-electron chi connectivity index (χ4n) is 2.35. The summed E-state index contributed by atoms with van der Waals surface area (Å²) in [6.07, 6.45) is 2.21. The number of aromatic nitrogens is 4. The second-order valence-corrected chi connectivity index (χ2v) is 5.81. The number of hydrogen-bond acceptors (Lipinski definition) is 4. The number of rotatable bonds is 5. The number of tetrazole rings is 1. The molecule has 1 heterocycles. The summed E-state index contributed by atoms with van der Waals surface area (Å²) in [5.41, 5.74) is 8.85. The van der Waals surface area contributed by atoms with Gasteiger partial charge in [0.25, 0.3) is 0 Å². The Morgan fingerprint density at radius 3 is 2.60 bits per heavy atom. The monoisotopic (exact) mass is 273 g/mol. The SMILES string of the molecule is Cc1cccc(N)c1-c1nnnn1C(C)CCC(C)C. The standard InChI is InChI=1S/C15H23N5/c1-10(2)8-9-12(4)20-15(17-18-19-20)14-11(3)6-5-7-13(14)16/h5-7,10,12H,8-9,16H2,1-4H3. The number of anilines is 1. The highest BCUT2D eigenvalue weighted by Gasteiger charge is 2.18. The van der Waals surface area contributed by atoms with Crippen LogP contribution in [0.5, 0.6) is 0 Å². The number of aryl methyl sites for hydroxylation is 1. The number of nitrogens with zero attached hydrogens (tertiary/aromatic N) is 4. The smallest absolute Gasteiger partial charge is 0.184 e. The summed E-state index contributed by atoms with van der Waals surface area (Å²) in [7, 11) is 0. The molecule has 0 saturated heterocycles. The molecule has 0 aliphatic heterocycles. The molecule has 1 aromatic heterocycles. The Morgan fingerprint density at radius 2 is 1.95 bits per heavy atom. The van der Waals surface area contributed by atoms with E-state index in [0.29, 0.717) is 5.92 Å². The second-order valence-electron chi connectivity index (χ2n) is 5.81. The van der Waals surface area contributed by atoms with Crippen molar-refractivity contribution in [1.29, 1.82) is 0 Å². The summed E-state index contributed by atoms with van der Waals surface area (Å²) in [6.45, 7) is 8.64. The molecule has 2 aromatic rings. The van der Waals surface area contributed by atoms with Gasteiger partial charge in [-0.1, -0.05) is 26.0 Å². The second kappa shape index (κ2) is 6.03. The fraction of sp³-hybridized carbons (Fsp3) is 0.533. The average molecular weight is 273 g/mol. The molecule has 0 spiro atoms. The highest BCUT2D eigenvalue weighted by molar-refractivity contribution is 5.74. The minimum Gasteiger partial charge on any atom is -0.398 e. The number of hydrogen-bond donors (Lipinski definition) is 1.